The van der Waals surface area contributed by atoms with Crippen molar-refractivity contribution in [1.29, 1.82) is 0 Å². The largest absolute Gasteiger partial charge is 0.494 e. The molecule has 0 saturated carbocycles. The Labute approximate surface area is 204 Å². The Morgan fingerprint density at radius 3 is 2.06 bits per heavy atom. The lowest BCUT2D eigenvalue weighted by Crippen LogP contribution is -2.49. The van der Waals surface area contributed by atoms with Crippen molar-refractivity contribution in [2.45, 2.75) is 37.6 Å². The van der Waals surface area contributed by atoms with Gasteiger partial charge in [-0.3, -0.25) is 4.90 Å². The van der Waals surface area contributed by atoms with Gasteiger partial charge in [-0.15, -0.1) is 0 Å². The van der Waals surface area contributed by atoms with Gasteiger partial charge in [-0.05, 0) is 48.7 Å². The van der Waals surface area contributed by atoms with Crippen molar-refractivity contribution in [3.8, 4) is 5.75 Å². The second kappa shape index (κ2) is 11.2. The second-order valence-electron chi connectivity index (χ2n) is 8.84. The van der Waals surface area contributed by atoms with Crippen molar-refractivity contribution >= 4 is 10.0 Å². The molecule has 1 aliphatic heterocycles. The molecule has 1 saturated heterocycles. The smallest absolute Gasteiger partial charge is 0.243 e. The number of nitrogens with zero attached hydrogens (tertiary/aromatic N) is 2. The fourth-order valence-corrected chi connectivity index (χ4v) is 5.81. The van der Waals surface area contributed by atoms with Crippen LogP contribution in [-0.2, 0) is 10.0 Å². The van der Waals surface area contributed by atoms with Crippen molar-refractivity contribution in [2.75, 3.05) is 32.8 Å². The fourth-order valence-electron chi connectivity index (χ4n) is 4.39. The van der Waals surface area contributed by atoms with E-state index in [0.717, 1.165) is 12.8 Å². The molecule has 6 heteroatoms. The molecule has 3 aromatic rings. The van der Waals surface area contributed by atoms with Crippen LogP contribution in [0.1, 0.15) is 42.5 Å². The van der Waals surface area contributed by atoms with Gasteiger partial charge in [0, 0.05) is 26.2 Å². The summed E-state index contributed by atoms with van der Waals surface area (Å²) in [5.74, 6) is 0.709. The summed E-state index contributed by atoms with van der Waals surface area (Å²) in [5.41, 5.74) is 3.68. The van der Waals surface area contributed by atoms with Gasteiger partial charge in [0.1, 0.15) is 5.75 Å². The highest BCUT2D eigenvalue weighted by Gasteiger charge is 2.32. The van der Waals surface area contributed by atoms with Crippen LogP contribution in [0.2, 0.25) is 0 Å². The summed E-state index contributed by atoms with van der Waals surface area (Å²) in [5, 5.41) is 0. The van der Waals surface area contributed by atoms with Gasteiger partial charge in [-0.2, -0.15) is 4.31 Å². The van der Waals surface area contributed by atoms with Gasteiger partial charge in [0.05, 0.1) is 17.5 Å². The molecule has 1 aliphatic rings. The summed E-state index contributed by atoms with van der Waals surface area (Å²) >= 11 is 0. The molecule has 1 fully saturated rings. The van der Waals surface area contributed by atoms with Crippen LogP contribution in [0.3, 0.4) is 0 Å². The fraction of sp³-hybridized carbons (Fsp3) is 0.357. The molecule has 1 atom stereocenters. The lowest BCUT2D eigenvalue weighted by atomic mass is 9.96. The zero-order valence-electron chi connectivity index (χ0n) is 20.1. The molecule has 0 amide bonds. The van der Waals surface area contributed by atoms with Crippen molar-refractivity contribution in [3.05, 3.63) is 95.6 Å². The molecule has 34 heavy (non-hydrogen) atoms. The number of hydrogen-bond acceptors (Lipinski definition) is 4. The molecule has 180 valence electrons. The van der Waals surface area contributed by atoms with Crippen LogP contribution in [0.15, 0.2) is 83.8 Å². The molecule has 5 nitrogen and oxygen atoms in total. The minimum absolute atomic E-state index is 0.103. The van der Waals surface area contributed by atoms with Gasteiger partial charge >= 0.3 is 0 Å². The molecule has 0 aromatic heterocycles. The molecule has 0 radical (unpaired) electrons. The van der Waals surface area contributed by atoms with E-state index in [1.165, 1.54) is 16.7 Å². The number of ether oxygens (including phenoxy) is 1. The van der Waals surface area contributed by atoms with E-state index in [1.54, 1.807) is 28.6 Å². The molecule has 1 heterocycles. The van der Waals surface area contributed by atoms with Gasteiger partial charge in [0.2, 0.25) is 10.0 Å². The normalized spacial score (nSPS) is 16.3. The number of aryl methyl sites for hydroxylation is 1. The molecule has 0 unspecified atom stereocenters. The average molecular weight is 479 g/mol. The number of rotatable bonds is 9. The highest BCUT2D eigenvalue weighted by molar-refractivity contribution is 7.89. The van der Waals surface area contributed by atoms with Gasteiger partial charge in [0.15, 0.2) is 0 Å². The van der Waals surface area contributed by atoms with Crippen molar-refractivity contribution in [3.63, 3.8) is 0 Å². The van der Waals surface area contributed by atoms with E-state index in [9.17, 15) is 8.42 Å². The molecular formula is C28H34N2O3S. The lowest BCUT2D eigenvalue weighted by Gasteiger charge is -2.39. The Kier molecular flexibility index (Phi) is 8.03. The van der Waals surface area contributed by atoms with Crippen LogP contribution in [0.4, 0.5) is 0 Å². The third-order valence-corrected chi connectivity index (χ3v) is 8.29. The number of unbranched alkanes of at least 4 members (excludes halogenated alkanes) is 1. The highest BCUT2D eigenvalue weighted by Crippen LogP contribution is 2.31. The summed E-state index contributed by atoms with van der Waals surface area (Å²) in [4.78, 5) is 2.71. The SMILES string of the molecule is CCCCOc1ccc(S(=O)(=O)N2CCN([C@H](c3ccccc3)c3ccc(C)cc3)CC2)cc1. The second-order valence-corrected chi connectivity index (χ2v) is 10.8. The summed E-state index contributed by atoms with van der Waals surface area (Å²) in [6.45, 7) is 7.12. The molecular weight excluding hydrogens is 444 g/mol. The number of piperazine rings is 1. The first-order valence-corrected chi connectivity index (χ1v) is 13.5. The summed E-state index contributed by atoms with van der Waals surface area (Å²) in [6, 6.07) is 26.0. The molecule has 0 spiro atoms. The van der Waals surface area contributed by atoms with Gasteiger partial charge in [0.25, 0.3) is 0 Å². The van der Waals surface area contributed by atoms with E-state index >= 15 is 0 Å². The van der Waals surface area contributed by atoms with Crippen LogP contribution in [0.25, 0.3) is 0 Å². The summed E-state index contributed by atoms with van der Waals surface area (Å²) < 4.78 is 33.8. The summed E-state index contributed by atoms with van der Waals surface area (Å²) in [7, 11) is -3.54. The molecule has 3 aromatic carbocycles. The number of hydrogen-bond donors (Lipinski definition) is 0. The first-order valence-electron chi connectivity index (χ1n) is 12.1. The van der Waals surface area contributed by atoms with E-state index in [1.807, 2.05) is 6.07 Å². The predicted molar refractivity (Wildman–Crippen MR) is 137 cm³/mol. The maximum absolute atomic E-state index is 13.3. The number of sulfonamides is 1. The van der Waals surface area contributed by atoms with Crippen LogP contribution < -0.4 is 4.74 Å². The predicted octanol–water partition coefficient (Wildman–Crippen LogP) is 5.27. The monoisotopic (exact) mass is 478 g/mol. The van der Waals surface area contributed by atoms with Crippen molar-refractivity contribution in [1.82, 2.24) is 9.21 Å². The molecule has 0 N–H and O–H groups in total. The first kappa shape index (κ1) is 24.5. The summed E-state index contributed by atoms with van der Waals surface area (Å²) in [6.07, 6.45) is 2.05. The van der Waals surface area contributed by atoms with Crippen LogP contribution in [-0.4, -0.2) is 50.4 Å². The number of benzene rings is 3. The first-order chi connectivity index (χ1) is 16.5. The van der Waals surface area contributed by atoms with E-state index in [2.05, 4.69) is 67.3 Å². The topological polar surface area (TPSA) is 49.9 Å². The Morgan fingerprint density at radius 2 is 1.44 bits per heavy atom. The Morgan fingerprint density at radius 1 is 0.824 bits per heavy atom. The lowest BCUT2D eigenvalue weighted by molar-refractivity contribution is 0.156. The van der Waals surface area contributed by atoms with Crippen molar-refractivity contribution < 1.29 is 13.2 Å². The van der Waals surface area contributed by atoms with Crippen LogP contribution in [0, 0.1) is 6.92 Å². The Hall–Kier alpha value is -2.67. The third-order valence-electron chi connectivity index (χ3n) is 6.37. The molecule has 4 rings (SSSR count). The Balaban J connectivity index is 1.47. The Bertz CT molecular complexity index is 1140. The van der Waals surface area contributed by atoms with Gasteiger partial charge < -0.3 is 4.74 Å². The van der Waals surface area contributed by atoms with E-state index in [-0.39, 0.29) is 6.04 Å². The minimum Gasteiger partial charge on any atom is -0.494 e. The highest BCUT2D eigenvalue weighted by atomic mass is 32.2. The van der Waals surface area contributed by atoms with Crippen LogP contribution in [0.5, 0.6) is 5.75 Å². The maximum Gasteiger partial charge on any atom is 0.243 e. The van der Waals surface area contributed by atoms with Gasteiger partial charge in [-0.25, -0.2) is 8.42 Å². The van der Waals surface area contributed by atoms with E-state index < -0.39 is 10.0 Å². The van der Waals surface area contributed by atoms with E-state index in [4.69, 9.17) is 4.74 Å². The van der Waals surface area contributed by atoms with Crippen LogP contribution >= 0.6 is 0 Å². The minimum atomic E-state index is -3.54. The quantitative estimate of drug-likeness (QED) is 0.393. The van der Waals surface area contributed by atoms with Crippen molar-refractivity contribution in [2.24, 2.45) is 0 Å². The standard InChI is InChI=1S/C28H34N2O3S/c1-3-4-22-33-26-14-16-27(17-15-26)34(31,32)30-20-18-29(19-21-30)28(24-8-6-5-7-9-24)25-12-10-23(2)11-13-25/h5-17,28H,3-4,18-22H2,1-2H3/t28-/m1/s1. The van der Waals surface area contributed by atoms with Gasteiger partial charge in [-0.1, -0.05) is 73.5 Å². The zero-order valence-corrected chi connectivity index (χ0v) is 20.9. The average Bonchev–Trinajstić information content (AvgIpc) is 2.87. The maximum atomic E-state index is 13.3. The third kappa shape index (κ3) is 5.69. The molecule has 0 aliphatic carbocycles. The molecule has 0 bridgehead atoms. The van der Waals surface area contributed by atoms with E-state index in [0.29, 0.717) is 43.4 Å². The zero-order chi connectivity index (χ0) is 24.0.